The van der Waals surface area contributed by atoms with Gasteiger partial charge in [-0.3, -0.25) is 4.79 Å². The fraction of sp³-hybridized carbons (Fsp3) is 0.292. The van der Waals surface area contributed by atoms with Gasteiger partial charge in [-0.2, -0.15) is 5.10 Å². The van der Waals surface area contributed by atoms with Gasteiger partial charge in [0.25, 0.3) is 5.56 Å². The lowest BCUT2D eigenvalue weighted by atomic mass is 10.0. The van der Waals surface area contributed by atoms with Gasteiger partial charge in [-0.1, -0.05) is 31.2 Å². The van der Waals surface area contributed by atoms with E-state index in [1.165, 1.54) is 16.0 Å². The molecule has 3 heterocycles. The molecule has 0 fully saturated rings. The predicted molar refractivity (Wildman–Crippen MR) is 129 cm³/mol. The monoisotopic (exact) mass is 496 g/mol. The van der Waals surface area contributed by atoms with Crippen molar-refractivity contribution in [2.24, 2.45) is 0 Å². The zero-order valence-corrected chi connectivity index (χ0v) is 20.0. The summed E-state index contributed by atoms with van der Waals surface area (Å²) in [5.74, 6) is -1.42. The number of hydrogen-bond acceptors (Lipinski definition) is 8. The Balaban J connectivity index is 1.69. The number of benzene rings is 1. The first-order valence-corrected chi connectivity index (χ1v) is 12.0. The number of amides is 2. The van der Waals surface area contributed by atoms with Crippen molar-refractivity contribution in [1.29, 1.82) is 0 Å². The molecule has 0 bridgehead atoms. The number of carbonyl (C=O) groups excluding carboxylic acids is 3. The summed E-state index contributed by atoms with van der Waals surface area (Å²) in [6.07, 6.45) is 0.651. The van der Waals surface area contributed by atoms with Gasteiger partial charge in [-0.05, 0) is 30.9 Å². The highest BCUT2D eigenvalue weighted by Crippen LogP contribution is 2.30. The molecule has 2 N–H and O–H groups in total. The molecule has 2 aromatic heterocycles. The van der Waals surface area contributed by atoms with Crippen molar-refractivity contribution in [3.63, 3.8) is 0 Å². The summed E-state index contributed by atoms with van der Waals surface area (Å²) in [5.41, 5.74) is -0.0571. The van der Waals surface area contributed by atoms with Crippen LogP contribution >= 0.6 is 11.3 Å². The number of nitrogens with one attached hydrogen (secondary N) is 2. The van der Waals surface area contributed by atoms with Crippen molar-refractivity contribution in [2.45, 2.75) is 32.9 Å². The van der Waals surface area contributed by atoms with Crippen LogP contribution in [0.5, 0.6) is 0 Å². The van der Waals surface area contributed by atoms with Crippen LogP contribution in [-0.4, -0.2) is 41.0 Å². The third kappa shape index (κ3) is 4.94. The van der Waals surface area contributed by atoms with E-state index in [9.17, 15) is 19.2 Å². The number of nitrogens with zero attached hydrogens (tertiary/aromatic N) is 2. The Morgan fingerprint density at radius 3 is 2.51 bits per heavy atom. The van der Waals surface area contributed by atoms with Crippen LogP contribution in [0.2, 0.25) is 0 Å². The van der Waals surface area contributed by atoms with Crippen molar-refractivity contribution >= 4 is 40.1 Å². The molecular formula is C24H24N4O6S. The summed E-state index contributed by atoms with van der Waals surface area (Å²) in [7, 11) is 0. The number of thiophene rings is 1. The van der Waals surface area contributed by atoms with Crippen LogP contribution in [0.1, 0.15) is 41.7 Å². The average molecular weight is 497 g/mol. The lowest BCUT2D eigenvalue weighted by molar-refractivity contribution is -0.139. The summed E-state index contributed by atoms with van der Waals surface area (Å²) in [4.78, 5) is 51.7. The topological polar surface area (TPSA) is 129 Å². The van der Waals surface area contributed by atoms with Gasteiger partial charge < -0.3 is 20.1 Å². The molecule has 0 aliphatic carbocycles. The van der Waals surface area contributed by atoms with Crippen LogP contribution in [0.3, 0.4) is 0 Å². The van der Waals surface area contributed by atoms with Crippen LogP contribution < -0.4 is 16.2 Å². The van der Waals surface area contributed by atoms with E-state index in [0.717, 1.165) is 4.88 Å². The first-order valence-electron chi connectivity index (χ1n) is 11.1. The summed E-state index contributed by atoms with van der Waals surface area (Å²) in [6, 6.07) is 8.96. The van der Waals surface area contributed by atoms with Crippen molar-refractivity contribution in [3.8, 4) is 0 Å². The van der Waals surface area contributed by atoms with Crippen molar-refractivity contribution < 1.29 is 23.9 Å². The molecule has 4 rings (SSSR count). The van der Waals surface area contributed by atoms with Gasteiger partial charge in [0.05, 0.1) is 29.3 Å². The van der Waals surface area contributed by atoms with Crippen LogP contribution in [0.25, 0.3) is 10.8 Å². The van der Waals surface area contributed by atoms with Crippen LogP contribution in [-0.2, 0) is 20.8 Å². The predicted octanol–water partition coefficient (Wildman–Crippen LogP) is 2.90. The number of hydrogen-bond donors (Lipinski definition) is 2. The van der Waals surface area contributed by atoms with E-state index in [2.05, 4.69) is 15.7 Å². The van der Waals surface area contributed by atoms with Crippen LogP contribution in [0.4, 0.5) is 4.79 Å². The molecule has 11 heteroatoms. The Kier molecular flexibility index (Phi) is 7.25. The lowest BCUT2D eigenvalue weighted by Gasteiger charge is -2.28. The number of urea groups is 1. The van der Waals surface area contributed by atoms with Gasteiger partial charge in [-0.15, -0.1) is 11.3 Å². The second-order valence-corrected chi connectivity index (χ2v) is 8.64. The van der Waals surface area contributed by atoms with Gasteiger partial charge in [-0.25, -0.2) is 19.1 Å². The maximum absolute atomic E-state index is 13.1. The van der Waals surface area contributed by atoms with E-state index < -0.39 is 30.6 Å². The van der Waals surface area contributed by atoms with E-state index in [1.54, 1.807) is 43.3 Å². The molecule has 0 saturated heterocycles. The molecule has 35 heavy (non-hydrogen) atoms. The average Bonchev–Trinajstić information content (AvgIpc) is 3.39. The van der Waals surface area contributed by atoms with E-state index in [1.807, 2.05) is 12.3 Å². The molecule has 182 valence electrons. The quantitative estimate of drug-likeness (QED) is 0.459. The van der Waals surface area contributed by atoms with E-state index >= 15 is 0 Å². The first kappa shape index (κ1) is 24.1. The second kappa shape index (κ2) is 10.5. The largest absolute Gasteiger partial charge is 0.463 e. The van der Waals surface area contributed by atoms with Gasteiger partial charge in [0.2, 0.25) is 0 Å². The summed E-state index contributed by atoms with van der Waals surface area (Å²) >= 11 is 1.37. The molecule has 3 aromatic rings. The minimum absolute atomic E-state index is 0.0259. The molecule has 1 aliphatic rings. The molecule has 0 saturated carbocycles. The Bertz CT molecular complexity index is 1360. The van der Waals surface area contributed by atoms with Crippen LogP contribution in [0.15, 0.2) is 57.8 Å². The SMILES string of the molecule is CCCn1nc(C(=O)OCC2=C(C(=O)OCC)[C@@H](c3cccs3)NC(=O)N2)c2ccccc2c1=O. The maximum atomic E-state index is 13.1. The molecule has 1 aliphatic heterocycles. The highest BCUT2D eigenvalue weighted by atomic mass is 32.1. The molecule has 0 radical (unpaired) electrons. The van der Waals surface area contributed by atoms with Gasteiger partial charge in [0.1, 0.15) is 6.61 Å². The maximum Gasteiger partial charge on any atom is 0.359 e. The Morgan fingerprint density at radius 2 is 1.83 bits per heavy atom. The third-order valence-electron chi connectivity index (χ3n) is 5.32. The first-order chi connectivity index (χ1) is 16.9. The van der Waals surface area contributed by atoms with E-state index in [4.69, 9.17) is 9.47 Å². The summed E-state index contributed by atoms with van der Waals surface area (Å²) in [5, 5.41) is 12.1. The van der Waals surface area contributed by atoms with Gasteiger partial charge >= 0.3 is 18.0 Å². The summed E-state index contributed by atoms with van der Waals surface area (Å²) in [6.45, 7) is 3.65. The van der Waals surface area contributed by atoms with Crippen LogP contribution in [0, 0.1) is 0 Å². The molecule has 1 atom stereocenters. The molecule has 0 spiro atoms. The Labute approximate surface area is 204 Å². The van der Waals surface area contributed by atoms with E-state index in [-0.39, 0.29) is 29.1 Å². The number of aryl methyl sites for hydroxylation is 1. The number of fused-ring (bicyclic) bond motifs is 1. The fourth-order valence-electron chi connectivity index (χ4n) is 3.81. The number of rotatable bonds is 8. The molecule has 0 unspecified atom stereocenters. The van der Waals surface area contributed by atoms with Crippen molar-refractivity contribution in [1.82, 2.24) is 20.4 Å². The highest BCUT2D eigenvalue weighted by Gasteiger charge is 2.35. The molecule has 1 aromatic carbocycles. The van der Waals surface area contributed by atoms with Gasteiger partial charge in [0.15, 0.2) is 5.69 Å². The molecule has 10 nitrogen and oxygen atoms in total. The summed E-state index contributed by atoms with van der Waals surface area (Å²) < 4.78 is 11.9. The van der Waals surface area contributed by atoms with Crippen molar-refractivity contribution in [3.05, 3.63) is 74.0 Å². The van der Waals surface area contributed by atoms with Crippen molar-refractivity contribution in [2.75, 3.05) is 13.2 Å². The highest BCUT2D eigenvalue weighted by molar-refractivity contribution is 7.10. The Hall–Kier alpha value is -3.99. The molecule has 2 amide bonds. The number of carbonyl (C=O) groups is 3. The number of esters is 2. The minimum Gasteiger partial charge on any atom is -0.463 e. The third-order valence-corrected chi connectivity index (χ3v) is 6.26. The number of aromatic nitrogens is 2. The normalized spacial score (nSPS) is 15.5. The smallest absolute Gasteiger partial charge is 0.359 e. The number of ether oxygens (including phenoxy) is 2. The second-order valence-electron chi connectivity index (χ2n) is 7.66. The fourth-order valence-corrected chi connectivity index (χ4v) is 4.59. The molecular weight excluding hydrogens is 472 g/mol. The lowest BCUT2D eigenvalue weighted by Crippen LogP contribution is -2.47. The van der Waals surface area contributed by atoms with Gasteiger partial charge in [0, 0.05) is 16.8 Å². The minimum atomic E-state index is -0.790. The zero-order valence-electron chi connectivity index (χ0n) is 19.2. The Morgan fingerprint density at radius 1 is 1.06 bits per heavy atom. The van der Waals surface area contributed by atoms with E-state index in [0.29, 0.717) is 23.7 Å². The standard InChI is InChI=1S/C24H24N4O6S/c1-3-11-28-21(29)15-9-6-5-8-14(15)19(27-28)23(31)34-13-16-18(22(30)33-4-2)20(26-24(32)25-16)17-10-7-12-35-17/h5-10,12,20H,3-4,11,13H2,1-2H3,(H2,25,26,32)/t20-/m1/s1. The zero-order chi connectivity index (χ0) is 24.9.